The molecule has 6 nitrogen and oxygen atoms in total. The van der Waals surface area contributed by atoms with Crippen molar-refractivity contribution in [1.29, 1.82) is 0 Å². The van der Waals surface area contributed by atoms with Crippen LogP contribution in [0.4, 0.5) is 0 Å². The maximum atomic E-state index is 11.7. The summed E-state index contributed by atoms with van der Waals surface area (Å²) in [5.74, 6) is 0.142. The number of primary sulfonamides is 1. The lowest BCUT2D eigenvalue weighted by molar-refractivity contribution is -0.141. The van der Waals surface area contributed by atoms with Crippen molar-refractivity contribution in [2.45, 2.75) is 44.2 Å². The number of hydrogen-bond acceptors (Lipinski definition) is 5. The lowest BCUT2D eigenvalue weighted by Crippen LogP contribution is -2.57. The van der Waals surface area contributed by atoms with Gasteiger partial charge in [-0.05, 0) is 38.1 Å². The molecule has 0 radical (unpaired) electrons. The Bertz CT molecular complexity index is 492. The molecule has 2 bridgehead atoms. The fraction of sp³-hybridized carbons (Fsp3) is 0.917. The van der Waals surface area contributed by atoms with Gasteiger partial charge in [-0.3, -0.25) is 4.79 Å². The summed E-state index contributed by atoms with van der Waals surface area (Å²) in [5.41, 5.74) is -0.375. The standard InChI is InChI=1S/C12H20N2O4S/c13-19(16,17)7-10-12(6-11(15)18-10)3-1-8-2-4-14-9(12)5-8/h8-10,14H,1-7H2,(H2,13,16,17). The second-order valence-corrected chi connectivity index (χ2v) is 7.81. The largest absolute Gasteiger partial charge is 0.461 e. The zero-order valence-electron chi connectivity index (χ0n) is 10.8. The van der Waals surface area contributed by atoms with E-state index in [0.29, 0.717) is 12.3 Å². The molecule has 3 fully saturated rings. The van der Waals surface area contributed by atoms with E-state index < -0.39 is 16.1 Å². The first-order chi connectivity index (χ1) is 8.89. The molecule has 4 atom stereocenters. The summed E-state index contributed by atoms with van der Waals surface area (Å²) in [6.07, 6.45) is 3.81. The topological polar surface area (TPSA) is 98.5 Å². The summed E-state index contributed by atoms with van der Waals surface area (Å²) in [6.45, 7) is 0.938. The van der Waals surface area contributed by atoms with Gasteiger partial charge in [0.05, 0.1) is 6.42 Å². The Balaban J connectivity index is 1.89. The molecule has 0 amide bonds. The number of cyclic esters (lactones) is 1. The van der Waals surface area contributed by atoms with Gasteiger partial charge in [-0.1, -0.05) is 0 Å². The van der Waals surface area contributed by atoms with Crippen LogP contribution in [0, 0.1) is 11.3 Å². The molecule has 2 saturated heterocycles. The molecule has 4 unspecified atom stereocenters. The minimum absolute atomic E-state index is 0.179. The van der Waals surface area contributed by atoms with Gasteiger partial charge in [0.2, 0.25) is 10.0 Å². The summed E-state index contributed by atoms with van der Waals surface area (Å²) < 4.78 is 28.0. The van der Waals surface area contributed by atoms with E-state index in [1.165, 1.54) is 6.42 Å². The minimum atomic E-state index is -3.64. The van der Waals surface area contributed by atoms with Crippen LogP contribution in [0.25, 0.3) is 0 Å². The third-order valence-corrected chi connectivity index (χ3v) is 5.76. The quantitative estimate of drug-likeness (QED) is 0.682. The van der Waals surface area contributed by atoms with Crippen LogP contribution in [0.1, 0.15) is 32.1 Å². The van der Waals surface area contributed by atoms with Crippen molar-refractivity contribution in [2.24, 2.45) is 16.5 Å². The summed E-state index contributed by atoms with van der Waals surface area (Å²) in [4.78, 5) is 11.7. The number of sulfonamides is 1. The summed E-state index contributed by atoms with van der Waals surface area (Å²) in [5, 5.41) is 8.59. The molecule has 0 aromatic heterocycles. The van der Waals surface area contributed by atoms with Crippen LogP contribution in [0.3, 0.4) is 0 Å². The Hall–Kier alpha value is -0.660. The number of esters is 1. The van der Waals surface area contributed by atoms with E-state index >= 15 is 0 Å². The van der Waals surface area contributed by atoms with E-state index in [-0.39, 0.29) is 23.2 Å². The van der Waals surface area contributed by atoms with Gasteiger partial charge in [-0.25, -0.2) is 13.6 Å². The average Bonchev–Trinajstić information content (AvgIpc) is 2.60. The van der Waals surface area contributed by atoms with Crippen molar-refractivity contribution in [3.8, 4) is 0 Å². The van der Waals surface area contributed by atoms with Crippen molar-refractivity contribution in [3.05, 3.63) is 0 Å². The van der Waals surface area contributed by atoms with Crippen molar-refractivity contribution in [3.63, 3.8) is 0 Å². The molecule has 108 valence electrons. The van der Waals surface area contributed by atoms with Crippen LogP contribution >= 0.6 is 0 Å². The van der Waals surface area contributed by atoms with E-state index in [1.54, 1.807) is 0 Å². The number of fused-ring (bicyclic) bond motifs is 3. The summed E-state index contributed by atoms with van der Waals surface area (Å²) in [6, 6.07) is 0.179. The van der Waals surface area contributed by atoms with Gasteiger partial charge in [0.25, 0.3) is 0 Å². The third-order valence-electron chi connectivity index (χ3n) is 5.00. The molecular weight excluding hydrogens is 268 g/mol. The number of nitrogens with two attached hydrogens (primary N) is 1. The van der Waals surface area contributed by atoms with E-state index in [9.17, 15) is 13.2 Å². The maximum Gasteiger partial charge on any atom is 0.306 e. The van der Waals surface area contributed by atoms with Crippen molar-refractivity contribution < 1.29 is 17.9 Å². The molecule has 0 aromatic rings. The fourth-order valence-electron chi connectivity index (χ4n) is 4.05. The first kappa shape index (κ1) is 13.3. The molecule has 3 N–H and O–H groups in total. The highest BCUT2D eigenvalue weighted by atomic mass is 32.2. The molecule has 1 spiro atoms. The van der Waals surface area contributed by atoms with Gasteiger partial charge in [-0.2, -0.15) is 0 Å². The Labute approximate surface area is 113 Å². The van der Waals surface area contributed by atoms with Crippen molar-refractivity contribution >= 4 is 16.0 Å². The van der Waals surface area contributed by atoms with Crippen LogP contribution in [0.5, 0.6) is 0 Å². The average molecular weight is 288 g/mol. The lowest BCUT2D eigenvalue weighted by atomic mass is 9.61. The molecule has 2 heterocycles. The van der Waals surface area contributed by atoms with E-state index in [2.05, 4.69) is 5.32 Å². The van der Waals surface area contributed by atoms with E-state index in [4.69, 9.17) is 9.88 Å². The molecule has 3 rings (SSSR count). The second-order valence-electron chi connectivity index (χ2n) is 6.15. The third kappa shape index (κ3) is 2.39. The zero-order chi connectivity index (χ0) is 13.7. The Morgan fingerprint density at radius 1 is 1.42 bits per heavy atom. The molecule has 1 aliphatic carbocycles. The molecule has 0 aromatic carbocycles. The minimum Gasteiger partial charge on any atom is -0.461 e. The Morgan fingerprint density at radius 3 is 2.95 bits per heavy atom. The second kappa shape index (κ2) is 4.43. The molecule has 19 heavy (non-hydrogen) atoms. The number of carbonyl (C=O) groups is 1. The molecular formula is C12H20N2O4S. The van der Waals surface area contributed by atoms with Crippen molar-refractivity contribution in [1.82, 2.24) is 5.32 Å². The van der Waals surface area contributed by atoms with Gasteiger partial charge in [0, 0.05) is 11.5 Å². The van der Waals surface area contributed by atoms with Gasteiger partial charge in [0.15, 0.2) is 0 Å². The smallest absolute Gasteiger partial charge is 0.306 e. The fourth-order valence-corrected chi connectivity index (χ4v) is 4.87. The Morgan fingerprint density at radius 2 is 2.21 bits per heavy atom. The maximum absolute atomic E-state index is 11.7. The van der Waals surface area contributed by atoms with Crippen LogP contribution in [-0.4, -0.2) is 38.8 Å². The van der Waals surface area contributed by atoms with Gasteiger partial charge < -0.3 is 10.1 Å². The summed E-state index contributed by atoms with van der Waals surface area (Å²) >= 11 is 0. The van der Waals surface area contributed by atoms with E-state index in [0.717, 1.165) is 25.8 Å². The molecule has 1 saturated carbocycles. The predicted molar refractivity (Wildman–Crippen MR) is 68.7 cm³/mol. The van der Waals surface area contributed by atoms with E-state index in [1.807, 2.05) is 0 Å². The van der Waals surface area contributed by atoms with Crippen molar-refractivity contribution in [2.75, 3.05) is 12.3 Å². The highest BCUT2D eigenvalue weighted by Crippen LogP contribution is 2.51. The zero-order valence-corrected chi connectivity index (χ0v) is 11.6. The predicted octanol–water partition coefficient (Wildman–Crippen LogP) is -0.261. The van der Waals surface area contributed by atoms with Crippen LogP contribution in [-0.2, 0) is 19.6 Å². The first-order valence-electron chi connectivity index (χ1n) is 6.82. The highest BCUT2D eigenvalue weighted by Gasteiger charge is 2.57. The Kier molecular flexibility index (Phi) is 3.11. The monoisotopic (exact) mass is 288 g/mol. The number of rotatable bonds is 2. The number of nitrogens with one attached hydrogen (secondary N) is 1. The van der Waals surface area contributed by atoms with Gasteiger partial charge >= 0.3 is 5.97 Å². The number of piperidine rings is 1. The number of hydrogen-bond donors (Lipinski definition) is 2. The molecule has 3 aliphatic rings. The van der Waals surface area contributed by atoms with Crippen LogP contribution < -0.4 is 10.5 Å². The SMILES string of the molecule is NS(=O)(=O)CC1OC(=O)CC12CCC1CCNC2C1. The normalized spacial score (nSPS) is 42.4. The first-order valence-corrected chi connectivity index (χ1v) is 8.54. The molecule has 2 aliphatic heterocycles. The summed E-state index contributed by atoms with van der Waals surface area (Å²) in [7, 11) is -3.64. The number of ether oxygens (including phenoxy) is 1. The van der Waals surface area contributed by atoms with Gasteiger partial charge in [-0.15, -0.1) is 0 Å². The highest BCUT2D eigenvalue weighted by molar-refractivity contribution is 7.89. The van der Waals surface area contributed by atoms with Crippen LogP contribution in [0.15, 0.2) is 0 Å². The van der Waals surface area contributed by atoms with Crippen LogP contribution in [0.2, 0.25) is 0 Å². The lowest BCUT2D eigenvalue weighted by Gasteiger charge is -2.49. The molecule has 7 heteroatoms. The number of carbonyl (C=O) groups excluding carboxylic acids is 1. The van der Waals surface area contributed by atoms with Gasteiger partial charge in [0.1, 0.15) is 11.9 Å².